The van der Waals surface area contributed by atoms with Crippen molar-refractivity contribution >= 4 is 15.9 Å². The van der Waals surface area contributed by atoms with Gasteiger partial charge in [0, 0.05) is 32.2 Å². The van der Waals surface area contributed by atoms with E-state index in [-0.39, 0.29) is 23.3 Å². The first-order valence-corrected chi connectivity index (χ1v) is 13.4. The Hall–Kier alpha value is -2.58. The van der Waals surface area contributed by atoms with Crippen LogP contribution in [0.1, 0.15) is 31.2 Å². The van der Waals surface area contributed by atoms with Gasteiger partial charge < -0.3 is 14.4 Å². The van der Waals surface area contributed by atoms with Gasteiger partial charge in [-0.1, -0.05) is 30.3 Å². The van der Waals surface area contributed by atoms with Crippen LogP contribution in [-0.4, -0.2) is 63.9 Å². The monoisotopic (exact) mass is 486 g/mol. The Labute approximate surface area is 202 Å². The maximum atomic E-state index is 13.3. The second-order valence-corrected chi connectivity index (χ2v) is 11.1. The van der Waals surface area contributed by atoms with Crippen LogP contribution >= 0.6 is 0 Å². The molecule has 0 N–H and O–H groups in total. The van der Waals surface area contributed by atoms with Crippen LogP contribution in [0, 0.1) is 11.8 Å². The molecule has 2 aliphatic rings. The molecule has 2 saturated heterocycles. The van der Waals surface area contributed by atoms with E-state index in [0.717, 1.165) is 38.8 Å². The number of methoxy groups -OCH3 is 2. The minimum absolute atomic E-state index is 0.0883. The fourth-order valence-electron chi connectivity index (χ4n) is 5.05. The molecule has 2 aliphatic heterocycles. The largest absolute Gasteiger partial charge is 0.493 e. The molecule has 0 aliphatic carbocycles. The van der Waals surface area contributed by atoms with E-state index in [1.165, 1.54) is 36.2 Å². The van der Waals surface area contributed by atoms with Gasteiger partial charge in [0.05, 0.1) is 25.0 Å². The van der Waals surface area contributed by atoms with E-state index in [2.05, 4.69) is 24.3 Å². The Morgan fingerprint density at radius 3 is 2.32 bits per heavy atom. The zero-order chi connectivity index (χ0) is 24.1. The first-order valence-electron chi connectivity index (χ1n) is 12.0. The van der Waals surface area contributed by atoms with E-state index in [9.17, 15) is 13.2 Å². The number of hydrogen-bond donors (Lipinski definition) is 0. The predicted octanol–water partition coefficient (Wildman–Crippen LogP) is 3.59. The summed E-state index contributed by atoms with van der Waals surface area (Å²) in [5, 5.41) is 0. The Bertz CT molecular complexity index is 1080. The van der Waals surface area contributed by atoms with Gasteiger partial charge in [0.1, 0.15) is 0 Å². The minimum atomic E-state index is -3.73. The number of ether oxygens (including phenoxy) is 2. The smallest absolute Gasteiger partial charge is 0.243 e. The highest BCUT2D eigenvalue weighted by molar-refractivity contribution is 7.89. The lowest BCUT2D eigenvalue weighted by molar-refractivity contribution is -0.138. The molecule has 8 heteroatoms. The van der Waals surface area contributed by atoms with Gasteiger partial charge in [0.25, 0.3) is 0 Å². The van der Waals surface area contributed by atoms with Crippen LogP contribution in [0.25, 0.3) is 0 Å². The van der Waals surface area contributed by atoms with Gasteiger partial charge in [0.2, 0.25) is 15.9 Å². The Balaban J connectivity index is 1.37. The number of piperidine rings is 2. The first-order chi connectivity index (χ1) is 16.4. The molecular weight excluding hydrogens is 452 g/mol. The molecule has 1 atom stereocenters. The normalized spacial score (nSPS) is 20.2. The molecule has 2 fully saturated rings. The maximum absolute atomic E-state index is 13.3. The van der Waals surface area contributed by atoms with E-state index >= 15 is 0 Å². The molecular formula is C26H34N2O5S. The maximum Gasteiger partial charge on any atom is 0.243 e. The third-order valence-corrected chi connectivity index (χ3v) is 8.88. The van der Waals surface area contributed by atoms with Crippen LogP contribution in [-0.2, 0) is 21.2 Å². The minimum Gasteiger partial charge on any atom is -0.493 e. The molecule has 0 unspecified atom stereocenters. The summed E-state index contributed by atoms with van der Waals surface area (Å²) >= 11 is 0. The Kier molecular flexibility index (Phi) is 7.78. The predicted molar refractivity (Wildman–Crippen MR) is 130 cm³/mol. The van der Waals surface area contributed by atoms with Crippen molar-refractivity contribution in [1.29, 1.82) is 0 Å². The number of rotatable bonds is 7. The third kappa shape index (κ3) is 5.39. The van der Waals surface area contributed by atoms with Crippen molar-refractivity contribution in [3.63, 3.8) is 0 Å². The lowest BCUT2D eigenvalue weighted by Crippen LogP contribution is -2.48. The van der Waals surface area contributed by atoms with Crippen LogP contribution in [0.3, 0.4) is 0 Å². The van der Waals surface area contributed by atoms with Crippen LogP contribution in [0.2, 0.25) is 0 Å². The number of carbonyl (C=O) groups excluding carboxylic acids is 1. The van der Waals surface area contributed by atoms with Crippen molar-refractivity contribution in [3.8, 4) is 11.5 Å². The van der Waals surface area contributed by atoms with Crippen molar-refractivity contribution in [2.75, 3.05) is 40.4 Å². The van der Waals surface area contributed by atoms with Gasteiger partial charge in [-0.25, -0.2) is 8.42 Å². The average molecular weight is 487 g/mol. The molecule has 2 aromatic carbocycles. The van der Waals surface area contributed by atoms with Gasteiger partial charge in [-0.2, -0.15) is 4.31 Å². The van der Waals surface area contributed by atoms with E-state index in [1.54, 1.807) is 6.07 Å². The second kappa shape index (κ2) is 10.8. The molecule has 0 bridgehead atoms. The first kappa shape index (κ1) is 24.5. The lowest BCUT2D eigenvalue weighted by Gasteiger charge is -2.37. The molecule has 0 spiro atoms. The molecule has 0 saturated carbocycles. The molecule has 34 heavy (non-hydrogen) atoms. The molecule has 1 amide bonds. The highest BCUT2D eigenvalue weighted by Gasteiger charge is 2.36. The molecule has 2 aromatic rings. The van der Waals surface area contributed by atoms with E-state index in [1.807, 2.05) is 11.0 Å². The number of likely N-dealkylation sites (tertiary alicyclic amines) is 1. The molecule has 7 nitrogen and oxygen atoms in total. The van der Waals surface area contributed by atoms with Crippen LogP contribution < -0.4 is 9.47 Å². The fraction of sp³-hybridized carbons (Fsp3) is 0.500. The summed E-state index contributed by atoms with van der Waals surface area (Å²) in [6, 6.07) is 15.1. The summed E-state index contributed by atoms with van der Waals surface area (Å²) in [7, 11) is -0.743. The number of sulfonamides is 1. The average Bonchev–Trinajstić information content (AvgIpc) is 2.89. The molecule has 184 valence electrons. The van der Waals surface area contributed by atoms with Crippen molar-refractivity contribution in [2.24, 2.45) is 11.8 Å². The van der Waals surface area contributed by atoms with Gasteiger partial charge in [-0.3, -0.25) is 4.79 Å². The molecule has 0 aromatic heterocycles. The van der Waals surface area contributed by atoms with E-state index < -0.39 is 10.0 Å². The lowest BCUT2D eigenvalue weighted by atomic mass is 9.89. The quantitative estimate of drug-likeness (QED) is 0.598. The number of amides is 1. The summed E-state index contributed by atoms with van der Waals surface area (Å²) < 4.78 is 38.6. The summed E-state index contributed by atoms with van der Waals surface area (Å²) in [5.74, 6) is 1.22. The summed E-state index contributed by atoms with van der Waals surface area (Å²) in [4.78, 5) is 15.4. The highest BCUT2D eigenvalue weighted by Crippen LogP contribution is 2.32. The van der Waals surface area contributed by atoms with Crippen molar-refractivity contribution in [3.05, 3.63) is 54.1 Å². The number of hydrogen-bond acceptors (Lipinski definition) is 5. The van der Waals surface area contributed by atoms with Gasteiger partial charge >= 0.3 is 0 Å². The number of nitrogens with zero attached hydrogens (tertiary/aromatic N) is 2. The van der Waals surface area contributed by atoms with Gasteiger partial charge in [-0.15, -0.1) is 0 Å². The summed E-state index contributed by atoms with van der Waals surface area (Å²) in [5.41, 5.74) is 1.34. The number of carbonyl (C=O) groups is 1. The van der Waals surface area contributed by atoms with Crippen molar-refractivity contribution in [2.45, 2.75) is 37.0 Å². The van der Waals surface area contributed by atoms with Gasteiger partial charge in [-0.05, 0) is 55.7 Å². The topological polar surface area (TPSA) is 76.2 Å². The second-order valence-electron chi connectivity index (χ2n) is 9.18. The highest BCUT2D eigenvalue weighted by atomic mass is 32.2. The zero-order valence-electron chi connectivity index (χ0n) is 20.0. The van der Waals surface area contributed by atoms with Crippen LogP contribution in [0.15, 0.2) is 53.4 Å². The van der Waals surface area contributed by atoms with E-state index in [0.29, 0.717) is 30.4 Å². The number of benzene rings is 2. The Morgan fingerprint density at radius 2 is 1.65 bits per heavy atom. The van der Waals surface area contributed by atoms with Gasteiger partial charge in [0.15, 0.2) is 11.5 Å². The molecule has 2 heterocycles. The van der Waals surface area contributed by atoms with E-state index in [4.69, 9.17) is 9.47 Å². The van der Waals surface area contributed by atoms with Crippen LogP contribution in [0.4, 0.5) is 0 Å². The van der Waals surface area contributed by atoms with Crippen molar-refractivity contribution in [1.82, 2.24) is 9.21 Å². The third-order valence-electron chi connectivity index (χ3n) is 7.02. The molecule has 4 rings (SSSR count). The van der Waals surface area contributed by atoms with Crippen LogP contribution in [0.5, 0.6) is 11.5 Å². The molecule has 0 radical (unpaired) electrons. The Morgan fingerprint density at radius 1 is 0.941 bits per heavy atom. The fourth-order valence-corrected chi connectivity index (χ4v) is 6.59. The SMILES string of the molecule is COc1ccc(S(=O)(=O)N2CCC[C@H](C(=O)N3CCC(Cc4ccccc4)CC3)C2)cc1OC. The van der Waals surface area contributed by atoms with Crippen molar-refractivity contribution < 1.29 is 22.7 Å². The summed E-state index contributed by atoms with van der Waals surface area (Å²) in [6.45, 7) is 2.13. The summed E-state index contributed by atoms with van der Waals surface area (Å²) in [6.07, 6.45) is 4.42. The standard InChI is InChI=1S/C26H34N2O5S/c1-32-24-11-10-23(18-25(24)33-2)34(30,31)28-14-6-9-22(19-28)26(29)27-15-12-21(13-16-27)17-20-7-4-3-5-8-20/h3-5,7-8,10-11,18,21-22H,6,9,12-17,19H2,1-2H3/t22-/m0/s1. The zero-order valence-corrected chi connectivity index (χ0v) is 20.8.